The van der Waals surface area contributed by atoms with E-state index in [4.69, 9.17) is 9.05 Å². The van der Waals surface area contributed by atoms with Gasteiger partial charge in [0.05, 0.1) is 0 Å². The number of hydrogen-bond acceptors (Lipinski definition) is 3. The molecule has 0 heterocycles. The molecule has 1 N–H and O–H groups in total. The molecule has 178 valence electrons. The zero-order chi connectivity index (χ0) is 24.7. The van der Waals surface area contributed by atoms with Gasteiger partial charge in [-0.25, -0.2) is 0 Å². The van der Waals surface area contributed by atoms with E-state index in [-0.39, 0.29) is 21.7 Å². The van der Waals surface area contributed by atoms with Gasteiger partial charge in [-0.15, -0.1) is 0 Å². The van der Waals surface area contributed by atoms with Crippen LogP contribution in [0.5, 0.6) is 11.5 Å². The van der Waals surface area contributed by atoms with Gasteiger partial charge < -0.3 is 13.9 Å². The van der Waals surface area contributed by atoms with Gasteiger partial charge in [-0.05, 0) is 68.2 Å². The molecule has 0 saturated carbocycles. The molecule has 32 heavy (non-hydrogen) atoms. The van der Waals surface area contributed by atoms with E-state index in [1.54, 1.807) is 0 Å². The van der Waals surface area contributed by atoms with Crippen LogP contribution in [0.2, 0.25) is 0 Å². The van der Waals surface area contributed by atoms with Crippen molar-refractivity contribution in [3.05, 3.63) is 58.7 Å². The third-order valence-corrected chi connectivity index (χ3v) is 6.32. The summed E-state index contributed by atoms with van der Waals surface area (Å²) in [5.74, 6) is 1.25. The molecule has 0 aliphatic heterocycles. The summed E-state index contributed by atoms with van der Waals surface area (Å²) in [6, 6.07) is 12.1. The first kappa shape index (κ1) is 26.7. The fraction of sp³-hybridized carbons (Fsp3) is 0.571. The van der Waals surface area contributed by atoms with E-state index in [2.05, 4.69) is 95.2 Å². The molecule has 0 spiro atoms. The molecule has 2 rings (SSSR count). The minimum Gasteiger partial charge on any atom is -0.418 e. The molecule has 0 radical (unpaired) electrons. The standard InChI is InChI=1S/C28H43O3P/c1-25(2,3)21-15-13-19(17-23(21)27(7,8)9)30-32(29)31-20-14-16-22(26(4,5)6)24(18-20)28(10,11)12/h13-18,29H,1-12H3. The minimum atomic E-state index is -2.11. The van der Waals surface area contributed by atoms with Gasteiger partial charge >= 0.3 is 8.60 Å². The van der Waals surface area contributed by atoms with E-state index >= 15 is 0 Å². The highest BCUT2D eigenvalue weighted by atomic mass is 31.2. The lowest BCUT2D eigenvalue weighted by Crippen LogP contribution is -2.22. The normalized spacial score (nSPS) is 13.4. The second-order valence-electron chi connectivity index (χ2n) is 12.8. The van der Waals surface area contributed by atoms with Crippen LogP contribution in [-0.4, -0.2) is 4.89 Å². The van der Waals surface area contributed by atoms with Crippen molar-refractivity contribution in [2.45, 2.75) is 105 Å². The molecule has 0 saturated heterocycles. The molecule has 3 nitrogen and oxygen atoms in total. The predicted octanol–water partition coefficient (Wildman–Crippen LogP) is 8.55. The topological polar surface area (TPSA) is 38.7 Å². The summed E-state index contributed by atoms with van der Waals surface area (Å²) in [5, 5.41) is 0. The molecule has 4 heteroatoms. The average molecular weight is 459 g/mol. The summed E-state index contributed by atoms with van der Waals surface area (Å²) in [6.07, 6.45) is 0. The van der Waals surface area contributed by atoms with Gasteiger partial charge in [0, 0.05) is 0 Å². The van der Waals surface area contributed by atoms with Crippen LogP contribution in [0.1, 0.15) is 105 Å². The van der Waals surface area contributed by atoms with Gasteiger partial charge in [0.25, 0.3) is 0 Å². The van der Waals surface area contributed by atoms with Crippen molar-refractivity contribution in [2.24, 2.45) is 0 Å². The van der Waals surface area contributed by atoms with Crippen LogP contribution in [0.15, 0.2) is 36.4 Å². The molecule has 0 aromatic heterocycles. The summed E-state index contributed by atoms with van der Waals surface area (Å²) in [4.78, 5) is 10.6. The second kappa shape index (κ2) is 8.99. The summed E-state index contributed by atoms with van der Waals surface area (Å²) in [7, 11) is -2.11. The van der Waals surface area contributed by atoms with Crippen LogP contribution in [0.25, 0.3) is 0 Å². The van der Waals surface area contributed by atoms with Crippen molar-refractivity contribution >= 4 is 8.60 Å². The predicted molar refractivity (Wildman–Crippen MR) is 138 cm³/mol. The number of hydrogen-bond donors (Lipinski definition) is 1. The largest absolute Gasteiger partial charge is 0.460 e. The first-order valence-electron chi connectivity index (χ1n) is 11.4. The Morgan fingerprint density at radius 2 is 0.781 bits per heavy atom. The fourth-order valence-electron chi connectivity index (χ4n) is 3.91. The highest BCUT2D eigenvalue weighted by Gasteiger charge is 2.28. The Hall–Kier alpha value is -1.57. The third kappa shape index (κ3) is 6.72. The van der Waals surface area contributed by atoms with Crippen LogP contribution < -0.4 is 9.05 Å². The van der Waals surface area contributed by atoms with Crippen LogP contribution in [0.4, 0.5) is 0 Å². The third-order valence-electron chi connectivity index (χ3n) is 5.58. The van der Waals surface area contributed by atoms with Gasteiger partial charge in [0.15, 0.2) is 0 Å². The first-order valence-corrected chi connectivity index (χ1v) is 12.6. The Morgan fingerprint density at radius 3 is 1.03 bits per heavy atom. The van der Waals surface area contributed by atoms with E-state index in [9.17, 15) is 4.89 Å². The van der Waals surface area contributed by atoms with Crippen LogP contribution in [-0.2, 0) is 21.7 Å². The average Bonchev–Trinajstić information content (AvgIpc) is 2.58. The molecule has 0 amide bonds. The van der Waals surface area contributed by atoms with Gasteiger partial charge in [-0.1, -0.05) is 95.2 Å². The summed E-state index contributed by atoms with van der Waals surface area (Å²) < 4.78 is 11.7. The molecular formula is C28H43O3P. The Labute approximate surface area is 197 Å². The maximum atomic E-state index is 10.6. The van der Waals surface area contributed by atoms with E-state index in [0.29, 0.717) is 11.5 Å². The van der Waals surface area contributed by atoms with E-state index < -0.39 is 8.60 Å². The van der Waals surface area contributed by atoms with Crippen LogP contribution in [0.3, 0.4) is 0 Å². The lowest BCUT2D eigenvalue weighted by molar-refractivity contribution is 0.380. The van der Waals surface area contributed by atoms with Crippen LogP contribution >= 0.6 is 8.60 Å². The first-order chi connectivity index (χ1) is 14.3. The Morgan fingerprint density at radius 1 is 0.500 bits per heavy atom. The summed E-state index contributed by atoms with van der Waals surface area (Å²) in [6.45, 7) is 26.5. The van der Waals surface area contributed by atoms with Crippen molar-refractivity contribution in [3.63, 3.8) is 0 Å². The van der Waals surface area contributed by atoms with Crippen molar-refractivity contribution in [2.75, 3.05) is 0 Å². The molecule has 0 bridgehead atoms. The summed E-state index contributed by atoms with van der Waals surface area (Å²) >= 11 is 0. The molecule has 2 aromatic rings. The molecule has 2 aromatic carbocycles. The highest BCUT2D eigenvalue weighted by Crippen LogP contribution is 2.43. The Bertz CT molecular complexity index is 858. The molecule has 0 atom stereocenters. The zero-order valence-corrected chi connectivity index (χ0v) is 23.1. The molecule has 0 aliphatic carbocycles. The van der Waals surface area contributed by atoms with E-state index in [1.165, 1.54) is 22.3 Å². The maximum absolute atomic E-state index is 10.6. The van der Waals surface area contributed by atoms with E-state index in [0.717, 1.165) is 0 Å². The lowest BCUT2D eigenvalue weighted by atomic mass is 9.75. The highest BCUT2D eigenvalue weighted by molar-refractivity contribution is 7.41. The fourth-order valence-corrected chi connectivity index (χ4v) is 4.53. The molecular weight excluding hydrogens is 415 g/mol. The van der Waals surface area contributed by atoms with Gasteiger partial charge in [-0.3, -0.25) is 0 Å². The molecule has 0 unspecified atom stereocenters. The van der Waals surface area contributed by atoms with Crippen molar-refractivity contribution in [1.82, 2.24) is 0 Å². The Kier molecular flexibility index (Phi) is 7.50. The van der Waals surface area contributed by atoms with Gasteiger partial charge in [0.1, 0.15) is 11.5 Å². The van der Waals surface area contributed by atoms with Crippen molar-refractivity contribution in [3.8, 4) is 11.5 Å². The van der Waals surface area contributed by atoms with Crippen LogP contribution in [0, 0.1) is 0 Å². The van der Waals surface area contributed by atoms with Crippen molar-refractivity contribution < 1.29 is 13.9 Å². The van der Waals surface area contributed by atoms with Gasteiger partial charge in [0.2, 0.25) is 0 Å². The summed E-state index contributed by atoms with van der Waals surface area (Å²) in [5.41, 5.74) is 4.99. The van der Waals surface area contributed by atoms with Gasteiger partial charge in [-0.2, -0.15) is 0 Å². The smallest absolute Gasteiger partial charge is 0.418 e. The SMILES string of the molecule is CC(C)(C)c1ccc(OP(O)Oc2ccc(C(C)(C)C)c(C(C)(C)C)c2)cc1C(C)(C)C. The number of rotatable bonds is 4. The second-order valence-corrected chi connectivity index (χ2v) is 13.7. The minimum absolute atomic E-state index is 0.0275. The molecule has 0 fully saturated rings. The quantitative estimate of drug-likeness (QED) is 0.466. The zero-order valence-electron chi connectivity index (χ0n) is 22.2. The lowest BCUT2D eigenvalue weighted by Gasteiger charge is -2.31. The monoisotopic (exact) mass is 458 g/mol. The Balaban J connectivity index is 2.31. The molecule has 0 aliphatic rings. The van der Waals surface area contributed by atoms with Crippen molar-refractivity contribution in [1.29, 1.82) is 0 Å². The number of benzene rings is 2. The maximum Gasteiger partial charge on any atom is 0.460 e. The van der Waals surface area contributed by atoms with E-state index in [1.807, 2.05) is 24.3 Å².